The number of amides is 1. The number of nitrogens with one attached hydrogen (secondary N) is 1. The van der Waals surface area contributed by atoms with Gasteiger partial charge in [-0.3, -0.25) is 14.7 Å². The molecule has 1 fully saturated rings. The number of morpholine rings is 1. The number of aryl methyl sites for hydroxylation is 2. The van der Waals surface area contributed by atoms with Gasteiger partial charge in [0.1, 0.15) is 5.03 Å². The molecule has 1 aliphatic rings. The van der Waals surface area contributed by atoms with Crippen molar-refractivity contribution in [3.8, 4) is 0 Å². The normalized spacial score (nSPS) is 17.3. The molecule has 1 amide bonds. The van der Waals surface area contributed by atoms with Crippen LogP contribution >= 0.6 is 35.0 Å². The van der Waals surface area contributed by atoms with E-state index >= 15 is 0 Å². The van der Waals surface area contributed by atoms with Crippen LogP contribution < -0.4 is 5.32 Å². The molecular weight excluding hydrogens is 431 g/mol. The van der Waals surface area contributed by atoms with Gasteiger partial charge in [0, 0.05) is 32.4 Å². The van der Waals surface area contributed by atoms with Crippen LogP contribution in [0.4, 0.5) is 0 Å². The summed E-state index contributed by atoms with van der Waals surface area (Å²) in [6, 6.07) is 5.69. The fourth-order valence-electron chi connectivity index (χ4n) is 3.01. The molecule has 0 radical (unpaired) electrons. The van der Waals surface area contributed by atoms with Crippen LogP contribution in [0.25, 0.3) is 0 Å². The third-order valence-electron chi connectivity index (χ3n) is 4.51. The number of thioether (sulfide) groups is 1. The lowest BCUT2D eigenvalue weighted by Crippen LogP contribution is -2.47. The summed E-state index contributed by atoms with van der Waals surface area (Å²) >= 11 is 13.5. The zero-order valence-corrected chi connectivity index (χ0v) is 18.8. The maximum absolute atomic E-state index is 12.2. The van der Waals surface area contributed by atoms with E-state index in [9.17, 15) is 4.79 Å². The molecule has 1 aliphatic heterocycles. The van der Waals surface area contributed by atoms with Crippen LogP contribution in [0.1, 0.15) is 17.0 Å². The topological polar surface area (TPSA) is 67.4 Å². The summed E-state index contributed by atoms with van der Waals surface area (Å²) < 4.78 is 5.80. The molecule has 3 rings (SSSR count). The number of hydrogen-bond acceptors (Lipinski definition) is 6. The van der Waals surface area contributed by atoms with Crippen LogP contribution in [-0.2, 0) is 16.1 Å². The van der Waals surface area contributed by atoms with Crippen LogP contribution in [0, 0.1) is 13.8 Å². The van der Waals surface area contributed by atoms with Crippen LogP contribution in [0.15, 0.2) is 29.4 Å². The molecule has 156 valence electrons. The molecule has 1 aromatic carbocycles. The Morgan fingerprint density at radius 2 is 2.17 bits per heavy atom. The van der Waals surface area contributed by atoms with Gasteiger partial charge in [0.2, 0.25) is 5.91 Å². The fraction of sp³-hybridized carbons (Fsp3) is 0.450. The zero-order chi connectivity index (χ0) is 20.8. The van der Waals surface area contributed by atoms with Gasteiger partial charge in [-0.25, -0.2) is 4.98 Å². The summed E-state index contributed by atoms with van der Waals surface area (Å²) in [5, 5.41) is 4.87. The predicted octanol–water partition coefficient (Wildman–Crippen LogP) is 3.51. The van der Waals surface area contributed by atoms with Crippen molar-refractivity contribution >= 4 is 40.9 Å². The largest absolute Gasteiger partial charge is 0.374 e. The van der Waals surface area contributed by atoms with E-state index in [1.54, 1.807) is 6.20 Å². The number of aromatic nitrogens is 2. The minimum atomic E-state index is -0.0408. The number of nitrogens with zero attached hydrogens (tertiary/aromatic N) is 3. The average Bonchev–Trinajstić information content (AvgIpc) is 2.70. The quantitative estimate of drug-likeness (QED) is 0.645. The van der Waals surface area contributed by atoms with Gasteiger partial charge in [0.15, 0.2) is 0 Å². The second-order valence-electron chi connectivity index (χ2n) is 6.97. The van der Waals surface area contributed by atoms with E-state index < -0.39 is 0 Å². The predicted molar refractivity (Wildman–Crippen MR) is 117 cm³/mol. The molecule has 29 heavy (non-hydrogen) atoms. The van der Waals surface area contributed by atoms with Crippen LogP contribution in [0.3, 0.4) is 0 Å². The van der Waals surface area contributed by atoms with Crippen LogP contribution in [0.2, 0.25) is 10.0 Å². The molecule has 1 aromatic heterocycles. The maximum atomic E-state index is 12.2. The summed E-state index contributed by atoms with van der Waals surface area (Å²) in [4.78, 5) is 23.2. The minimum absolute atomic E-state index is 0.0390. The SMILES string of the molecule is Cc1cnc(C)c(SCC(=O)NCC2CN(Cc3ccc(Cl)c(Cl)c3)CCO2)n1. The van der Waals surface area contributed by atoms with Gasteiger partial charge in [-0.1, -0.05) is 41.0 Å². The number of rotatable bonds is 7. The first-order chi connectivity index (χ1) is 13.9. The van der Waals surface area contributed by atoms with E-state index in [0.29, 0.717) is 28.9 Å². The van der Waals surface area contributed by atoms with Gasteiger partial charge < -0.3 is 10.1 Å². The number of ether oxygens (including phenoxy) is 1. The molecule has 9 heteroatoms. The number of hydrogen-bond donors (Lipinski definition) is 1. The van der Waals surface area contributed by atoms with Crippen molar-refractivity contribution < 1.29 is 9.53 Å². The monoisotopic (exact) mass is 454 g/mol. The molecule has 2 heterocycles. The Labute approximate surface area is 185 Å². The van der Waals surface area contributed by atoms with E-state index in [2.05, 4.69) is 20.2 Å². The standard InChI is InChI=1S/C20H24Cl2N4O2S/c1-13-8-23-14(2)20(25-13)29-12-19(27)24-9-16-11-26(5-6-28-16)10-15-3-4-17(21)18(22)7-15/h3-4,7-8,16H,5-6,9-12H2,1-2H3,(H,24,27). The first-order valence-corrected chi connectivity index (χ1v) is 11.1. The lowest BCUT2D eigenvalue weighted by atomic mass is 10.2. The van der Waals surface area contributed by atoms with Crippen molar-refractivity contribution in [2.75, 3.05) is 32.0 Å². The van der Waals surface area contributed by atoms with E-state index in [-0.39, 0.29) is 12.0 Å². The van der Waals surface area contributed by atoms with Crippen LogP contribution in [-0.4, -0.2) is 58.9 Å². The first-order valence-electron chi connectivity index (χ1n) is 9.38. The molecule has 0 aliphatic carbocycles. The summed E-state index contributed by atoms with van der Waals surface area (Å²) in [5.41, 5.74) is 2.79. The lowest BCUT2D eigenvalue weighted by Gasteiger charge is -2.33. The van der Waals surface area contributed by atoms with Crippen molar-refractivity contribution in [1.29, 1.82) is 0 Å². The summed E-state index contributed by atoms with van der Waals surface area (Å²) in [5.74, 6) is 0.265. The highest BCUT2D eigenvalue weighted by atomic mass is 35.5. The molecular formula is C20H24Cl2N4O2S. The summed E-state index contributed by atoms with van der Waals surface area (Å²) in [6.45, 7) is 7.25. The van der Waals surface area contributed by atoms with Crippen molar-refractivity contribution in [3.05, 3.63) is 51.4 Å². The molecule has 1 saturated heterocycles. The van der Waals surface area contributed by atoms with Gasteiger partial charge >= 0.3 is 0 Å². The van der Waals surface area contributed by atoms with Crippen LogP contribution in [0.5, 0.6) is 0 Å². The molecule has 2 aromatic rings. The molecule has 0 bridgehead atoms. The Bertz CT molecular complexity index is 868. The van der Waals surface area contributed by atoms with Gasteiger partial charge in [-0.2, -0.15) is 0 Å². The minimum Gasteiger partial charge on any atom is -0.374 e. The smallest absolute Gasteiger partial charge is 0.230 e. The fourth-order valence-corrected chi connectivity index (χ4v) is 4.17. The number of carbonyl (C=O) groups excluding carboxylic acids is 1. The summed E-state index contributed by atoms with van der Waals surface area (Å²) in [7, 11) is 0. The Morgan fingerprint density at radius 3 is 2.97 bits per heavy atom. The highest BCUT2D eigenvalue weighted by molar-refractivity contribution is 7.99. The Kier molecular flexibility index (Phi) is 8.15. The highest BCUT2D eigenvalue weighted by Crippen LogP contribution is 2.23. The molecule has 0 spiro atoms. The van der Waals surface area contributed by atoms with Crippen molar-refractivity contribution in [2.24, 2.45) is 0 Å². The van der Waals surface area contributed by atoms with Gasteiger partial charge in [-0.15, -0.1) is 0 Å². The summed E-state index contributed by atoms with van der Waals surface area (Å²) in [6.07, 6.45) is 1.69. The van der Waals surface area contributed by atoms with Gasteiger partial charge in [0.25, 0.3) is 0 Å². The van der Waals surface area contributed by atoms with E-state index in [1.807, 2.05) is 32.0 Å². The second-order valence-corrected chi connectivity index (χ2v) is 8.75. The zero-order valence-electron chi connectivity index (χ0n) is 16.5. The highest BCUT2D eigenvalue weighted by Gasteiger charge is 2.21. The number of carbonyl (C=O) groups is 1. The van der Waals surface area contributed by atoms with Crippen molar-refractivity contribution in [3.63, 3.8) is 0 Å². The molecule has 1 N–H and O–H groups in total. The number of halogens is 2. The Hall–Kier alpha value is -1.38. The Morgan fingerprint density at radius 1 is 1.34 bits per heavy atom. The molecule has 1 unspecified atom stereocenters. The third-order valence-corrected chi connectivity index (χ3v) is 6.32. The second kappa shape index (κ2) is 10.6. The lowest BCUT2D eigenvalue weighted by molar-refractivity contribution is -0.119. The third kappa shape index (κ3) is 6.83. The van der Waals surface area contributed by atoms with E-state index in [0.717, 1.165) is 41.6 Å². The molecule has 1 atom stereocenters. The van der Waals surface area contributed by atoms with E-state index in [4.69, 9.17) is 27.9 Å². The molecule has 0 saturated carbocycles. The number of benzene rings is 1. The molecule has 6 nitrogen and oxygen atoms in total. The van der Waals surface area contributed by atoms with Crippen molar-refractivity contribution in [2.45, 2.75) is 31.5 Å². The van der Waals surface area contributed by atoms with E-state index in [1.165, 1.54) is 11.8 Å². The van der Waals surface area contributed by atoms with Gasteiger partial charge in [0.05, 0.1) is 39.9 Å². The van der Waals surface area contributed by atoms with Crippen molar-refractivity contribution in [1.82, 2.24) is 20.2 Å². The Balaban J connectivity index is 1.43. The van der Waals surface area contributed by atoms with Gasteiger partial charge in [-0.05, 0) is 31.5 Å². The maximum Gasteiger partial charge on any atom is 0.230 e. The first kappa shape index (κ1) is 22.3. The average molecular weight is 455 g/mol.